The molecule has 0 rings (SSSR count). The van der Waals surface area contributed by atoms with Crippen LogP contribution in [-0.4, -0.2) is 18.1 Å². The molecule has 0 aromatic carbocycles. The van der Waals surface area contributed by atoms with Gasteiger partial charge in [-0.05, 0) is 40.2 Å². The summed E-state index contributed by atoms with van der Waals surface area (Å²) in [6, 6.07) is 0.366. The summed E-state index contributed by atoms with van der Waals surface area (Å²) in [6.45, 7) is 9.67. The van der Waals surface area contributed by atoms with Crippen molar-refractivity contribution in [1.29, 1.82) is 0 Å². The summed E-state index contributed by atoms with van der Waals surface area (Å²) in [4.78, 5) is 0. The highest BCUT2D eigenvalue weighted by atomic mass is 14.9. The van der Waals surface area contributed by atoms with Crippen molar-refractivity contribution in [3.8, 4) is 0 Å². The Labute approximate surface area is 70.5 Å². The lowest BCUT2D eigenvalue weighted by Gasteiger charge is -2.21. The zero-order valence-electron chi connectivity index (χ0n) is 8.28. The van der Waals surface area contributed by atoms with Crippen molar-refractivity contribution in [1.82, 2.24) is 5.32 Å². The van der Waals surface area contributed by atoms with Gasteiger partial charge in [0.2, 0.25) is 0 Å². The molecule has 0 spiro atoms. The van der Waals surface area contributed by atoms with Gasteiger partial charge in [-0.15, -0.1) is 0 Å². The number of rotatable bonds is 4. The predicted molar refractivity (Wildman–Crippen MR) is 50.6 cm³/mol. The Morgan fingerprint density at radius 1 is 1.36 bits per heavy atom. The molecule has 0 amide bonds. The Hall–Kier alpha value is -0.0800. The maximum atomic E-state index is 5.76. The molecule has 0 aromatic rings. The van der Waals surface area contributed by atoms with Gasteiger partial charge in [0.25, 0.3) is 0 Å². The molecule has 11 heavy (non-hydrogen) atoms. The normalized spacial score (nSPS) is 15.0. The van der Waals surface area contributed by atoms with Gasteiger partial charge in [-0.1, -0.05) is 6.92 Å². The monoisotopic (exact) mass is 158 g/mol. The summed E-state index contributed by atoms with van der Waals surface area (Å²) < 4.78 is 0. The highest BCUT2D eigenvalue weighted by Crippen LogP contribution is 1.99. The molecule has 0 aromatic heterocycles. The van der Waals surface area contributed by atoms with E-state index in [9.17, 15) is 0 Å². The molecule has 0 saturated carbocycles. The molecule has 1 atom stereocenters. The fraction of sp³-hybridized carbons (Fsp3) is 1.00. The van der Waals surface area contributed by atoms with E-state index in [-0.39, 0.29) is 5.54 Å². The van der Waals surface area contributed by atoms with E-state index in [0.717, 1.165) is 19.4 Å². The highest BCUT2D eigenvalue weighted by Gasteiger charge is 2.08. The Balaban J connectivity index is 3.28. The number of nitrogens with two attached hydrogens (primary N) is 1. The van der Waals surface area contributed by atoms with Gasteiger partial charge in [0, 0.05) is 11.6 Å². The minimum Gasteiger partial charge on any atom is -0.328 e. The second-order valence-electron chi connectivity index (χ2n) is 4.13. The molecule has 0 aliphatic carbocycles. The Morgan fingerprint density at radius 2 is 1.91 bits per heavy atom. The van der Waals surface area contributed by atoms with Gasteiger partial charge in [-0.3, -0.25) is 0 Å². The minimum atomic E-state index is 0.230. The Bertz CT molecular complexity index is 94.2. The van der Waals surface area contributed by atoms with Crippen LogP contribution in [0.3, 0.4) is 0 Å². The number of hydrogen-bond acceptors (Lipinski definition) is 2. The van der Waals surface area contributed by atoms with Crippen LogP contribution in [0.25, 0.3) is 0 Å². The lowest BCUT2D eigenvalue weighted by Crippen LogP contribution is -2.38. The van der Waals surface area contributed by atoms with Gasteiger partial charge < -0.3 is 11.1 Å². The van der Waals surface area contributed by atoms with E-state index in [1.165, 1.54) is 0 Å². The smallest absolute Gasteiger partial charge is 0.00965 e. The predicted octanol–water partition coefficient (Wildman–Crippen LogP) is 1.50. The van der Waals surface area contributed by atoms with Crippen molar-refractivity contribution in [2.75, 3.05) is 6.54 Å². The summed E-state index contributed by atoms with van der Waals surface area (Å²) >= 11 is 0. The van der Waals surface area contributed by atoms with Gasteiger partial charge >= 0.3 is 0 Å². The standard InChI is InChI=1S/C9H22N2/c1-5-8(10)6-7-11-9(2,3)4/h8,11H,5-7,10H2,1-4H3. The topological polar surface area (TPSA) is 38.0 Å². The molecule has 0 saturated heterocycles. The summed E-state index contributed by atoms with van der Waals surface area (Å²) in [5, 5.41) is 3.41. The molecule has 0 heterocycles. The van der Waals surface area contributed by atoms with Crippen LogP contribution < -0.4 is 11.1 Å². The first kappa shape index (κ1) is 10.9. The van der Waals surface area contributed by atoms with Crippen LogP contribution in [0, 0.1) is 0 Å². The molecular weight excluding hydrogens is 136 g/mol. The SMILES string of the molecule is CCC(N)CCNC(C)(C)C. The van der Waals surface area contributed by atoms with Crippen molar-refractivity contribution in [3.63, 3.8) is 0 Å². The van der Waals surface area contributed by atoms with Crippen LogP contribution in [0.2, 0.25) is 0 Å². The van der Waals surface area contributed by atoms with E-state index in [0.29, 0.717) is 6.04 Å². The number of nitrogens with one attached hydrogen (secondary N) is 1. The van der Waals surface area contributed by atoms with Crippen molar-refractivity contribution >= 4 is 0 Å². The third kappa shape index (κ3) is 7.82. The van der Waals surface area contributed by atoms with Crippen LogP contribution in [0.4, 0.5) is 0 Å². The van der Waals surface area contributed by atoms with Crippen LogP contribution >= 0.6 is 0 Å². The summed E-state index contributed by atoms with van der Waals surface area (Å²) in [6.07, 6.45) is 2.15. The molecule has 3 N–H and O–H groups in total. The zero-order chi connectivity index (χ0) is 8.91. The van der Waals surface area contributed by atoms with Crippen molar-refractivity contribution in [3.05, 3.63) is 0 Å². The zero-order valence-corrected chi connectivity index (χ0v) is 8.28. The molecule has 0 radical (unpaired) electrons. The average Bonchev–Trinajstić information content (AvgIpc) is 1.85. The lowest BCUT2D eigenvalue weighted by atomic mass is 10.1. The average molecular weight is 158 g/mol. The maximum absolute atomic E-state index is 5.76. The van der Waals surface area contributed by atoms with Gasteiger partial charge in [0.1, 0.15) is 0 Å². The molecule has 0 aliphatic heterocycles. The molecule has 2 nitrogen and oxygen atoms in total. The molecule has 0 fully saturated rings. The van der Waals surface area contributed by atoms with Gasteiger partial charge in [-0.25, -0.2) is 0 Å². The molecule has 2 heteroatoms. The van der Waals surface area contributed by atoms with Crippen LogP contribution in [0.1, 0.15) is 40.5 Å². The van der Waals surface area contributed by atoms with Crippen LogP contribution in [-0.2, 0) is 0 Å². The van der Waals surface area contributed by atoms with Crippen LogP contribution in [0.5, 0.6) is 0 Å². The second kappa shape index (κ2) is 4.73. The summed E-state index contributed by atoms with van der Waals surface area (Å²) in [5.74, 6) is 0. The van der Waals surface area contributed by atoms with E-state index in [1.54, 1.807) is 0 Å². The van der Waals surface area contributed by atoms with E-state index in [2.05, 4.69) is 33.0 Å². The fourth-order valence-electron chi connectivity index (χ4n) is 0.837. The first-order valence-corrected chi connectivity index (χ1v) is 4.46. The van der Waals surface area contributed by atoms with Gasteiger partial charge in [0.15, 0.2) is 0 Å². The molecule has 0 bridgehead atoms. The minimum absolute atomic E-state index is 0.230. The summed E-state index contributed by atoms with van der Waals surface area (Å²) in [5.41, 5.74) is 5.99. The quantitative estimate of drug-likeness (QED) is 0.650. The molecule has 0 aliphatic rings. The second-order valence-corrected chi connectivity index (χ2v) is 4.13. The van der Waals surface area contributed by atoms with Crippen molar-refractivity contribution < 1.29 is 0 Å². The van der Waals surface area contributed by atoms with Gasteiger partial charge in [-0.2, -0.15) is 0 Å². The molecular formula is C9H22N2. The highest BCUT2D eigenvalue weighted by molar-refractivity contribution is 4.71. The maximum Gasteiger partial charge on any atom is 0.00965 e. The summed E-state index contributed by atoms with van der Waals surface area (Å²) in [7, 11) is 0. The van der Waals surface area contributed by atoms with Crippen molar-refractivity contribution in [2.45, 2.75) is 52.1 Å². The van der Waals surface area contributed by atoms with E-state index in [1.807, 2.05) is 0 Å². The first-order chi connectivity index (χ1) is 4.95. The largest absolute Gasteiger partial charge is 0.328 e. The van der Waals surface area contributed by atoms with Crippen LogP contribution in [0.15, 0.2) is 0 Å². The number of hydrogen-bond donors (Lipinski definition) is 2. The molecule has 68 valence electrons. The van der Waals surface area contributed by atoms with Gasteiger partial charge in [0.05, 0.1) is 0 Å². The lowest BCUT2D eigenvalue weighted by molar-refractivity contribution is 0.408. The van der Waals surface area contributed by atoms with E-state index < -0.39 is 0 Å². The van der Waals surface area contributed by atoms with E-state index >= 15 is 0 Å². The fourth-order valence-corrected chi connectivity index (χ4v) is 0.837. The third-order valence-corrected chi connectivity index (χ3v) is 1.69. The Morgan fingerprint density at radius 3 is 2.27 bits per heavy atom. The van der Waals surface area contributed by atoms with Crippen molar-refractivity contribution in [2.24, 2.45) is 5.73 Å². The van der Waals surface area contributed by atoms with E-state index in [4.69, 9.17) is 5.73 Å². The first-order valence-electron chi connectivity index (χ1n) is 4.46. The Kier molecular flexibility index (Phi) is 4.69. The molecule has 1 unspecified atom stereocenters. The third-order valence-electron chi connectivity index (χ3n) is 1.69.